The largest absolute Gasteiger partial charge is 0.488 e. The van der Waals surface area contributed by atoms with Crippen molar-refractivity contribution in [3.63, 3.8) is 0 Å². The van der Waals surface area contributed by atoms with E-state index in [1.54, 1.807) is 18.2 Å². The van der Waals surface area contributed by atoms with Crippen molar-refractivity contribution in [1.82, 2.24) is 4.90 Å². The van der Waals surface area contributed by atoms with Gasteiger partial charge in [0, 0.05) is 24.1 Å². The van der Waals surface area contributed by atoms with Gasteiger partial charge in [-0.3, -0.25) is 4.90 Å². The Morgan fingerprint density at radius 1 is 1.24 bits per heavy atom. The third kappa shape index (κ3) is 5.25. The van der Waals surface area contributed by atoms with Crippen molar-refractivity contribution in [2.45, 2.75) is 12.2 Å². The van der Waals surface area contributed by atoms with E-state index in [-0.39, 0.29) is 18.5 Å². The topological polar surface area (TPSA) is 41.9 Å². The number of aliphatic hydroxyl groups is 1. The van der Waals surface area contributed by atoms with Gasteiger partial charge in [0.1, 0.15) is 12.7 Å². The molecule has 0 spiro atoms. The second-order valence-corrected chi connectivity index (χ2v) is 6.98. The van der Waals surface area contributed by atoms with Gasteiger partial charge in [-0.05, 0) is 29.8 Å². The van der Waals surface area contributed by atoms with Gasteiger partial charge in [0.25, 0.3) is 0 Å². The number of para-hydroxylation sites is 1. The highest BCUT2D eigenvalue weighted by atomic mass is 79.9. The number of rotatable bonds is 6. The maximum absolute atomic E-state index is 13.5. The fraction of sp³-hybridized carbons (Fsp3) is 0.368. The molecule has 0 radical (unpaired) electrons. The van der Waals surface area contributed by atoms with Crippen LogP contribution in [0, 0.1) is 5.82 Å². The monoisotopic (exact) mass is 409 g/mol. The average molecular weight is 410 g/mol. The van der Waals surface area contributed by atoms with Crippen LogP contribution in [0.15, 0.2) is 53.0 Å². The number of hydrogen-bond acceptors (Lipinski definition) is 4. The molecule has 4 nitrogen and oxygen atoms in total. The van der Waals surface area contributed by atoms with Crippen molar-refractivity contribution in [3.8, 4) is 5.75 Å². The molecule has 1 fully saturated rings. The van der Waals surface area contributed by atoms with Gasteiger partial charge in [0.2, 0.25) is 0 Å². The molecule has 2 atom stereocenters. The standard InChI is InChI=1S/C19H21BrFNO3/c20-15-7-5-14(6-8-15)19-12-22(9-10-24-19)11-16(23)13-25-18-4-2-1-3-17(18)21/h1-8,16,19,23H,9-13H2. The number of nitrogens with zero attached hydrogens (tertiary/aromatic N) is 1. The number of aliphatic hydroxyl groups excluding tert-OH is 1. The maximum atomic E-state index is 13.5. The van der Waals surface area contributed by atoms with Gasteiger partial charge in [0.15, 0.2) is 11.6 Å². The molecule has 1 N–H and O–H groups in total. The molecule has 3 rings (SSSR count). The molecular formula is C19H21BrFNO3. The number of halogens is 2. The highest BCUT2D eigenvalue weighted by Gasteiger charge is 2.23. The molecule has 0 aromatic heterocycles. The molecule has 6 heteroatoms. The van der Waals surface area contributed by atoms with Gasteiger partial charge in [-0.15, -0.1) is 0 Å². The summed E-state index contributed by atoms with van der Waals surface area (Å²) in [6.07, 6.45) is -0.704. The summed E-state index contributed by atoms with van der Waals surface area (Å²) in [6.45, 7) is 2.59. The Morgan fingerprint density at radius 3 is 2.76 bits per heavy atom. The Morgan fingerprint density at radius 2 is 2.00 bits per heavy atom. The lowest BCUT2D eigenvalue weighted by Gasteiger charge is -2.34. The molecule has 1 aliphatic heterocycles. The maximum Gasteiger partial charge on any atom is 0.165 e. The third-order valence-corrected chi connectivity index (χ3v) is 4.66. The molecule has 25 heavy (non-hydrogen) atoms. The molecule has 0 aliphatic carbocycles. The Labute approximate surface area is 155 Å². The normalized spacial score (nSPS) is 19.6. The number of hydrogen-bond donors (Lipinski definition) is 1. The van der Waals surface area contributed by atoms with Crippen LogP contribution in [-0.4, -0.2) is 49.0 Å². The zero-order valence-corrected chi connectivity index (χ0v) is 15.4. The van der Waals surface area contributed by atoms with Crippen LogP contribution in [-0.2, 0) is 4.74 Å². The number of benzene rings is 2. The van der Waals surface area contributed by atoms with E-state index in [1.165, 1.54) is 6.07 Å². The fourth-order valence-electron chi connectivity index (χ4n) is 2.85. The van der Waals surface area contributed by atoms with Crippen molar-refractivity contribution < 1.29 is 19.0 Å². The zero-order valence-electron chi connectivity index (χ0n) is 13.8. The van der Waals surface area contributed by atoms with Crippen LogP contribution in [0.25, 0.3) is 0 Å². The van der Waals surface area contributed by atoms with Crippen LogP contribution < -0.4 is 4.74 Å². The van der Waals surface area contributed by atoms with Crippen molar-refractivity contribution >= 4 is 15.9 Å². The molecule has 0 amide bonds. The predicted octanol–water partition coefficient (Wildman–Crippen LogP) is 3.40. The minimum absolute atomic E-state index is 0.0125. The summed E-state index contributed by atoms with van der Waals surface area (Å²) >= 11 is 3.43. The van der Waals surface area contributed by atoms with Crippen LogP contribution in [0.3, 0.4) is 0 Å². The van der Waals surface area contributed by atoms with Crippen LogP contribution >= 0.6 is 15.9 Å². The fourth-order valence-corrected chi connectivity index (χ4v) is 3.11. The van der Waals surface area contributed by atoms with Crippen molar-refractivity contribution in [2.24, 2.45) is 0 Å². The number of β-amino-alcohol motifs (C(OH)–C–C–N with tert-alkyl or cyclic N) is 1. The number of ether oxygens (including phenoxy) is 2. The third-order valence-electron chi connectivity index (χ3n) is 4.13. The van der Waals surface area contributed by atoms with E-state index >= 15 is 0 Å². The van der Waals surface area contributed by atoms with Gasteiger partial charge in [0.05, 0.1) is 12.7 Å². The first-order valence-corrected chi connectivity index (χ1v) is 9.06. The molecule has 1 saturated heterocycles. The first-order valence-electron chi connectivity index (χ1n) is 8.26. The van der Waals surface area contributed by atoms with E-state index in [0.29, 0.717) is 19.7 Å². The SMILES string of the molecule is OC(COc1ccccc1F)CN1CCOC(c2ccc(Br)cc2)C1. The highest BCUT2D eigenvalue weighted by molar-refractivity contribution is 9.10. The Bertz CT molecular complexity index is 683. The molecule has 134 valence electrons. The van der Waals surface area contributed by atoms with Gasteiger partial charge >= 0.3 is 0 Å². The van der Waals surface area contributed by atoms with E-state index in [0.717, 1.165) is 16.6 Å². The summed E-state index contributed by atoms with van der Waals surface area (Å²) in [5.41, 5.74) is 1.12. The summed E-state index contributed by atoms with van der Waals surface area (Å²) in [4.78, 5) is 2.14. The average Bonchev–Trinajstić information content (AvgIpc) is 2.62. The minimum atomic E-state index is -0.691. The van der Waals surface area contributed by atoms with E-state index in [9.17, 15) is 9.50 Å². The Balaban J connectivity index is 1.50. The summed E-state index contributed by atoms with van der Waals surface area (Å²) in [7, 11) is 0. The predicted molar refractivity (Wildman–Crippen MR) is 97.2 cm³/mol. The Hall–Kier alpha value is -1.47. The molecule has 1 aliphatic rings. The van der Waals surface area contributed by atoms with E-state index in [1.807, 2.05) is 24.3 Å². The summed E-state index contributed by atoms with van der Waals surface area (Å²) in [5, 5.41) is 10.2. The van der Waals surface area contributed by atoms with Crippen molar-refractivity contribution in [3.05, 3.63) is 64.4 Å². The molecule has 0 saturated carbocycles. The molecule has 2 unspecified atom stereocenters. The minimum Gasteiger partial charge on any atom is -0.488 e. The highest BCUT2D eigenvalue weighted by Crippen LogP contribution is 2.24. The molecule has 2 aromatic rings. The lowest BCUT2D eigenvalue weighted by atomic mass is 10.1. The molecule has 2 aromatic carbocycles. The van der Waals surface area contributed by atoms with Crippen LogP contribution in [0.5, 0.6) is 5.75 Å². The lowest BCUT2D eigenvalue weighted by molar-refractivity contribution is -0.0460. The van der Waals surface area contributed by atoms with Gasteiger partial charge < -0.3 is 14.6 Å². The van der Waals surface area contributed by atoms with Crippen molar-refractivity contribution in [1.29, 1.82) is 0 Å². The van der Waals surface area contributed by atoms with Crippen LogP contribution in [0.2, 0.25) is 0 Å². The summed E-state index contributed by atoms with van der Waals surface area (Å²) in [5.74, 6) is -0.257. The number of morpholine rings is 1. The van der Waals surface area contributed by atoms with Gasteiger partial charge in [-0.1, -0.05) is 40.2 Å². The second-order valence-electron chi connectivity index (χ2n) is 6.07. The van der Waals surface area contributed by atoms with E-state index in [4.69, 9.17) is 9.47 Å². The first kappa shape index (κ1) is 18.3. The summed E-state index contributed by atoms with van der Waals surface area (Å²) < 4.78 is 25.8. The van der Waals surface area contributed by atoms with Crippen LogP contribution in [0.1, 0.15) is 11.7 Å². The Kier molecular flexibility index (Phi) is 6.42. The zero-order chi connectivity index (χ0) is 17.6. The lowest BCUT2D eigenvalue weighted by Crippen LogP contribution is -2.43. The van der Waals surface area contributed by atoms with Gasteiger partial charge in [-0.25, -0.2) is 4.39 Å². The molecule has 1 heterocycles. The summed E-state index contributed by atoms with van der Waals surface area (Å²) in [6, 6.07) is 14.3. The van der Waals surface area contributed by atoms with Crippen molar-refractivity contribution in [2.75, 3.05) is 32.8 Å². The van der Waals surface area contributed by atoms with Gasteiger partial charge in [-0.2, -0.15) is 0 Å². The first-order chi connectivity index (χ1) is 12.1. The van der Waals surface area contributed by atoms with E-state index in [2.05, 4.69) is 20.8 Å². The van der Waals surface area contributed by atoms with Crippen LogP contribution in [0.4, 0.5) is 4.39 Å². The smallest absolute Gasteiger partial charge is 0.165 e. The molecule has 0 bridgehead atoms. The van der Waals surface area contributed by atoms with E-state index < -0.39 is 11.9 Å². The quantitative estimate of drug-likeness (QED) is 0.793. The molecular weight excluding hydrogens is 389 g/mol. The second kappa shape index (κ2) is 8.76.